The lowest BCUT2D eigenvalue weighted by molar-refractivity contribution is -0.149. The van der Waals surface area contributed by atoms with Crippen molar-refractivity contribution in [2.75, 3.05) is 6.54 Å². The Balaban J connectivity index is 1.14. The summed E-state index contributed by atoms with van der Waals surface area (Å²) in [6.45, 7) is 11.0. The minimum Gasteiger partial charge on any atom is -0.462 e. The molecule has 0 spiro atoms. The number of aliphatic hydroxyl groups excluding tert-OH is 1. The molecule has 2 unspecified atom stereocenters. The van der Waals surface area contributed by atoms with E-state index in [1.165, 1.54) is 31.3 Å². The number of oxime groups is 1. The maximum Gasteiger partial charge on any atom is 0.433 e. The van der Waals surface area contributed by atoms with E-state index in [0.29, 0.717) is 30.7 Å². The number of nitrogens with zero attached hydrogens (tertiary/aromatic N) is 1. The van der Waals surface area contributed by atoms with Gasteiger partial charge in [0.2, 0.25) is 0 Å². The van der Waals surface area contributed by atoms with Crippen LogP contribution in [0.3, 0.4) is 0 Å². The molecule has 218 valence electrons. The number of allylic oxidation sites excluding steroid dienone is 1. The molecule has 0 bridgehead atoms. The number of carbonyl (C=O) groups excluding carboxylic acids is 2. The molecule has 0 aromatic rings. The van der Waals surface area contributed by atoms with Gasteiger partial charge in [-0.05, 0) is 114 Å². The Kier molecular flexibility index (Phi) is 8.18. The number of ether oxygens (including phenoxy) is 1. The van der Waals surface area contributed by atoms with Crippen LogP contribution in [0, 0.1) is 34.5 Å². The van der Waals surface area contributed by atoms with Crippen molar-refractivity contribution >= 4 is 17.8 Å². The minimum atomic E-state index is -0.549. The largest absolute Gasteiger partial charge is 0.462 e. The Bertz CT molecular complexity index is 1010. The molecule has 4 aliphatic carbocycles. The monoisotopic (exact) mass is 543 g/mol. The number of carbonyl (C=O) groups is 2. The molecule has 3 N–H and O–H groups in total. The third-order valence-corrected chi connectivity index (χ3v) is 11.2. The average molecular weight is 544 g/mol. The molecule has 1 saturated heterocycles. The number of aliphatic hydroxyl groups is 1. The van der Waals surface area contributed by atoms with Gasteiger partial charge in [0.25, 0.3) is 0 Å². The van der Waals surface area contributed by atoms with E-state index in [-0.39, 0.29) is 41.1 Å². The average Bonchev–Trinajstić information content (AvgIpc) is 3.50. The van der Waals surface area contributed by atoms with E-state index in [1.54, 1.807) is 0 Å². The fourth-order valence-electron chi connectivity index (χ4n) is 9.29. The molecule has 0 radical (unpaired) electrons. The van der Waals surface area contributed by atoms with Crippen molar-refractivity contribution in [2.45, 2.75) is 123 Å². The molecule has 0 aromatic heterocycles. The molecular weight excluding hydrogens is 494 g/mol. The Labute approximate surface area is 233 Å². The molecular formula is C31H49N3O5. The number of amides is 1. The third-order valence-electron chi connectivity index (χ3n) is 11.2. The zero-order valence-electron chi connectivity index (χ0n) is 24.5. The zero-order chi connectivity index (χ0) is 27.9. The second-order valence-corrected chi connectivity index (χ2v) is 13.8. The van der Waals surface area contributed by atoms with Gasteiger partial charge in [-0.25, -0.2) is 4.79 Å². The predicted octanol–water partition coefficient (Wildman–Crippen LogP) is 5.10. The predicted molar refractivity (Wildman–Crippen MR) is 150 cm³/mol. The maximum atomic E-state index is 12.4. The van der Waals surface area contributed by atoms with Gasteiger partial charge in [0.1, 0.15) is 6.04 Å². The SMILES string of the molecule is C/C(=N\OC(=O)NCC1CCC(C(=O)OC(C)C)N1)[C@H]1CC[C@H]2[C@@H]3CCC4=C[C@@H](O)CC[C@]4(C)[C@H]3CC[C@]12C. The highest BCUT2D eigenvalue weighted by molar-refractivity contribution is 5.85. The number of hydrogen-bond donors (Lipinski definition) is 3. The molecule has 5 rings (SSSR count). The van der Waals surface area contributed by atoms with Gasteiger partial charge in [-0.15, -0.1) is 0 Å². The van der Waals surface area contributed by atoms with Crippen LogP contribution < -0.4 is 10.6 Å². The Morgan fingerprint density at radius 3 is 2.67 bits per heavy atom. The molecule has 8 heteroatoms. The highest BCUT2D eigenvalue weighted by Crippen LogP contribution is 2.66. The first kappa shape index (κ1) is 28.6. The number of rotatable bonds is 6. The topological polar surface area (TPSA) is 109 Å². The van der Waals surface area contributed by atoms with Crippen LogP contribution >= 0.6 is 0 Å². The van der Waals surface area contributed by atoms with E-state index < -0.39 is 6.09 Å². The molecule has 5 aliphatic rings. The van der Waals surface area contributed by atoms with Crippen molar-refractivity contribution in [1.29, 1.82) is 0 Å². The van der Waals surface area contributed by atoms with Crippen LogP contribution in [0.1, 0.15) is 98.8 Å². The Morgan fingerprint density at radius 2 is 1.90 bits per heavy atom. The Hall–Kier alpha value is -1.93. The van der Waals surface area contributed by atoms with Gasteiger partial charge < -0.3 is 15.2 Å². The van der Waals surface area contributed by atoms with Crippen molar-refractivity contribution in [2.24, 2.45) is 39.7 Å². The van der Waals surface area contributed by atoms with Gasteiger partial charge in [-0.2, -0.15) is 0 Å². The summed E-state index contributed by atoms with van der Waals surface area (Å²) in [5, 5.41) is 20.6. The summed E-state index contributed by atoms with van der Waals surface area (Å²) in [5.41, 5.74) is 2.87. The molecule has 39 heavy (non-hydrogen) atoms. The van der Waals surface area contributed by atoms with Crippen molar-refractivity contribution in [3.8, 4) is 0 Å². The smallest absolute Gasteiger partial charge is 0.433 e. The fourth-order valence-corrected chi connectivity index (χ4v) is 9.29. The summed E-state index contributed by atoms with van der Waals surface area (Å²) in [4.78, 5) is 29.9. The number of fused-ring (bicyclic) bond motifs is 5. The summed E-state index contributed by atoms with van der Waals surface area (Å²) in [7, 11) is 0. The summed E-state index contributed by atoms with van der Waals surface area (Å²) in [6, 6.07) is -0.308. The molecule has 1 amide bonds. The second kappa shape index (κ2) is 11.2. The first-order chi connectivity index (χ1) is 18.5. The summed E-state index contributed by atoms with van der Waals surface area (Å²) in [5.74, 6) is 2.21. The van der Waals surface area contributed by atoms with Crippen LogP contribution in [0.15, 0.2) is 16.8 Å². The van der Waals surface area contributed by atoms with Crippen molar-refractivity contribution in [3.05, 3.63) is 11.6 Å². The van der Waals surface area contributed by atoms with E-state index in [9.17, 15) is 14.7 Å². The van der Waals surface area contributed by atoms with Crippen molar-refractivity contribution < 1.29 is 24.3 Å². The third kappa shape index (κ3) is 5.52. The standard InChI is InChI=1S/C31H49N3O5/c1-18(2)38-28(36)27-11-7-21(33-27)17-32-29(37)39-34-19(3)24-9-10-25-23-8-6-20-16-22(35)12-14-30(20,4)26(23)13-15-31(24,25)5/h16,18,21-27,33,35H,6-15,17H2,1-5H3,(H,32,37)/b34-19+/t21?,22-,23-,24+,25-,26-,27?,30-,31+/m0/s1. The van der Waals surface area contributed by atoms with Gasteiger partial charge >= 0.3 is 12.1 Å². The normalized spacial score (nSPS) is 41.8. The Morgan fingerprint density at radius 1 is 1.10 bits per heavy atom. The zero-order valence-corrected chi connectivity index (χ0v) is 24.5. The highest BCUT2D eigenvalue weighted by atomic mass is 16.7. The van der Waals surface area contributed by atoms with Gasteiger partial charge in [-0.3, -0.25) is 14.9 Å². The molecule has 8 nitrogen and oxygen atoms in total. The number of esters is 1. The van der Waals surface area contributed by atoms with Crippen LogP contribution in [-0.4, -0.2) is 53.7 Å². The fraction of sp³-hybridized carbons (Fsp3) is 0.839. The lowest BCUT2D eigenvalue weighted by Crippen LogP contribution is -2.51. The summed E-state index contributed by atoms with van der Waals surface area (Å²) >= 11 is 0. The van der Waals surface area contributed by atoms with Crippen LogP contribution in [0.5, 0.6) is 0 Å². The molecule has 9 atom stereocenters. The molecule has 4 fully saturated rings. The van der Waals surface area contributed by atoms with Gasteiger partial charge in [-0.1, -0.05) is 30.7 Å². The first-order valence-electron chi connectivity index (χ1n) is 15.4. The van der Waals surface area contributed by atoms with Crippen molar-refractivity contribution in [3.63, 3.8) is 0 Å². The van der Waals surface area contributed by atoms with Gasteiger partial charge in [0.05, 0.1) is 17.9 Å². The van der Waals surface area contributed by atoms with Crippen LogP contribution in [0.4, 0.5) is 4.79 Å². The number of nitrogens with one attached hydrogen (secondary N) is 2. The minimum absolute atomic E-state index is 0.0113. The lowest BCUT2D eigenvalue weighted by atomic mass is 9.46. The van der Waals surface area contributed by atoms with E-state index >= 15 is 0 Å². The molecule has 1 heterocycles. The van der Waals surface area contributed by atoms with Crippen molar-refractivity contribution in [1.82, 2.24) is 10.6 Å². The summed E-state index contributed by atoms with van der Waals surface area (Å²) in [6.07, 6.45) is 11.8. The van der Waals surface area contributed by atoms with E-state index in [4.69, 9.17) is 9.57 Å². The first-order valence-corrected chi connectivity index (χ1v) is 15.4. The molecule has 1 aliphatic heterocycles. The molecule has 0 aromatic carbocycles. The van der Waals surface area contributed by atoms with E-state index in [2.05, 4.69) is 35.7 Å². The quantitative estimate of drug-likeness (QED) is 0.141. The van der Waals surface area contributed by atoms with Gasteiger partial charge in [0.15, 0.2) is 0 Å². The van der Waals surface area contributed by atoms with Gasteiger partial charge in [0, 0.05) is 18.5 Å². The number of hydrogen-bond acceptors (Lipinski definition) is 7. The van der Waals surface area contributed by atoms with E-state index in [1.807, 2.05) is 20.8 Å². The summed E-state index contributed by atoms with van der Waals surface area (Å²) < 4.78 is 5.29. The lowest BCUT2D eigenvalue weighted by Gasteiger charge is -2.58. The van der Waals surface area contributed by atoms with Crippen LogP contribution in [0.25, 0.3) is 0 Å². The second-order valence-electron chi connectivity index (χ2n) is 13.8. The van der Waals surface area contributed by atoms with Crippen LogP contribution in [0.2, 0.25) is 0 Å². The highest BCUT2D eigenvalue weighted by Gasteiger charge is 2.59. The molecule has 3 saturated carbocycles. The maximum absolute atomic E-state index is 12.4. The van der Waals surface area contributed by atoms with Crippen LogP contribution in [-0.2, 0) is 14.4 Å². The van der Waals surface area contributed by atoms with E-state index in [0.717, 1.165) is 43.7 Å².